The molecule has 0 bridgehead atoms. The minimum atomic E-state index is -3.64. The third-order valence-corrected chi connectivity index (χ3v) is 5.90. The summed E-state index contributed by atoms with van der Waals surface area (Å²) in [5, 5.41) is 0.577. The molecule has 0 aliphatic heterocycles. The van der Waals surface area contributed by atoms with E-state index in [-0.39, 0.29) is 11.4 Å². The van der Waals surface area contributed by atoms with E-state index in [9.17, 15) is 8.42 Å². The van der Waals surface area contributed by atoms with Gasteiger partial charge in [0.1, 0.15) is 5.60 Å². The Morgan fingerprint density at radius 3 is 2.50 bits per heavy atom. The summed E-state index contributed by atoms with van der Waals surface area (Å²) in [4.78, 5) is 0.284. The molecule has 0 radical (unpaired) electrons. The summed E-state index contributed by atoms with van der Waals surface area (Å²) in [5.74, 6) is 0. The van der Waals surface area contributed by atoms with Crippen molar-refractivity contribution < 1.29 is 13.2 Å². The van der Waals surface area contributed by atoms with Crippen LogP contribution in [-0.4, -0.2) is 22.1 Å². The number of aryl methyl sites for hydroxylation is 2. The molecule has 0 heterocycles. The van der Waals surface area contributed by atoms with Gasteiger partial charge in [0.2, 0.25) is 10.0 Å². The molecule has 1 unspecified atom stereocenters. The second-order valence-electron chi connectivity index (χ2n) is 6.04. The Hall–Kier alpha value is -1.40. The Morgan fingerprint density at radius 1 is 1.17 bits per heavy atom. The maximum Gasteiger partial charge on any atom is 0.240 e. The number of nitrogens with one attached hydrogen (secondary N) is 1. The third-order valence-electron chi connectivity index (χ3n) is 4.12. The maximum atomic E-state index is 12.7. The molecule has 2 rings (SSSR count). The molecule has 24 heavy (non-hydrogen) atoms. The summed E-state index contributed by atoms with van der Waals surface area (Å²) < 4.78 is 33.6. The molecule has 6 heteroatoms. The molecule has 2 aromatic carbocycles. The maximum absolute atomic E-state index is 12.7. The normalized spacial score (nSPS) is 14.4. The number of rotatable bonds is 6. The zero-order valence-corrected chi connectivity index (χ0v) is 15.8. The number of benzene rings is 2. The van der Waals surface area contributed by atoms with E-state index in [1.807, 2.05) is 32.0 Å². The van der Waals surface area contributed by atoms with Gasteiger partial charge in [-0.2, -0.15) is 0 Å². The second-order valence-corrected chi connectivity index (χ2v) is 8.21. The third kappa shape index (κ3) is 4.16. The number of ether oxygens (including phenoxy) is 1. The van der Waals surface area contributed by atoms with Crippen LogP contribution >= 0.6 is 11.6 Å². The minimum absolute atomic E-state index is 0.0968. The van der Waals surface area contributed by atoms with Gasteiger partial charge < -0.3 is 4.74 Å². The average Bonchev–Trinajstić information content (AvgIpc) is 2.55. The van der Waals surface area contributed by atoms with Gasteiger partial charge >= 0.3 is 0 Å². The van der Waals surface area contributed by atoms with E-state index < -0.39 is 15.6 Å². The summed E-state index contributed by atoms with van der Waals surface area (Å²) in [6.45, 7) is 5.56. The Kier molecular flexibility index (Phi) is 5.71. The van der Waals surface area contributed by atoms with Gasteiger partial charge in [0.25, 0.3) is 0 Å². The highest BCUT2D eigenvalue weighted by Crippen LogP contribution is 2.27. The lowest BCUT2D eigenvalue weighted by atomic mass is 9.96. The summed E-state index contributed by atoms with van der Waals surface area (Å²) in [6, 6.07) is 12.6. The monoisotopic (exact) mass is 367 g/mol. The first kappa shape index (κ1) is 18.9. The molecule has 130 valence electrons. The Labute approximate surface area is 148 Å². The summed E-state index contributed by atoms with van der Waals surface area (Å²) >= 11 is 6.04. The van der Waals surface area contributed by atoms with Crippen molar-refractivity contribution in [2.45, 2.75) is 31.3 Å². The van der Waals surface area contributed by atoms with Gasteiger partial charge in [-0.1, -0.05) is 35.9 Å². The summed E-state index contributed by atoms with van der Waals surface area (Å²) in [7, 11) is -2.09. The van der Waals surface area contributed by atoms with E-state index in [1.165, 1.54) is 0 Å². The zero-order valence-electron chi connectivity index (χ0n) is 14.3. The van der Waals surface area contributed by atoms with Crippen molar-refractivity contribution in [2.75, 3.05) is 13.7 Å². The van der Waals surface area contributed by atoms with Crippen LogP contribution in [0.25, 0.3) is 0 Å². The van der Waals surface area contributed by atoms with Gasteiger partial charge in [0.05, 0.1) is 4.90 Å². The standard InChI is InChI=1S/C18H22ClNO3S/c1-13-8-9-14(2)17(10-13)24(21,22)20-12-18(3,23-4)15-6-5-7-16(19)11-15/h5-11,20H,12H2,1-4H3. The average molecular weight is 368 g/mol. The lowest BCUT2D eigenvalue weighted by Gasteiger charge is -2.29. The molecular formula is C18H22ClNO3S. The first-order chi connectivity index (χ1) is 11.2. The number of methoxy groups -OCH3 is 1. The quantitative estimate of drug-likeness (QED) is 0.844. The van der Waals surface area contributed by atoms with E-state index in [4.69, 9.17) is 16.3 Å². The lowest BCUT2D eigenvalue weighted by molar-refractivity contribution is 0.00698. The van der Waals surface area contributed by atoms with Gasteiger partial charge in [0, 0.05) is 18.7 Å². The smallest absolute Gasteiger partial charge is 0.240 e. The second kappa shape index (κ2) is 7.23. The van der Waals surface area contributed by atoms with Crippen molar-refractivity contribution in [3.05, 3.63) is 64.2 Å². The summed E-state index contributed by atoms with van der Waals surface area (Å²) in [6.07, 6.45) is 0. The number of hydrogen-bond acceptors (Lipinski definition) is 3. The number of halogens is 1. The van der Waals surface area contributed by atoms with Gasteiger partial charge in [-0.25, -0.2) is 13.1 Å². The van der Waals surface area contributed by atoms with Crippen LogP contribution in [0.4, 0.5) is 0 Å². The molecule has 4 nitrogen and oxygen atoms in total. The number of hydrogen-bond donors (Lipinski definition) is 1. The molecule has 2 aromatic rings. The van der Waals surface area contributed by atoms with Crippen molar-refractivity contribution >= 4 is 21.6 Å². The van der Waals surface area contributed by atoms with Crippen LogP contribution in [0.5, 0.6) is 0 Å². The van der Waals surface area contributed by atoms with E-state index >= 15 is 0 Å². The number of sulfonamides is 1. The van der Waals surface area contributed by atoms with Crippen molar-refractivity contribution in [1.82, 2.24) is 4.72 Å². The van der Waals surface area contributed by atoms with Crippen LogP contribution in [0.15, 0.2) is 47.4 Å². The van der Waals surface area contributed by atoms with Gasteiger partial charge in [-0.15, -0.1) is 0 Å². The van der Waals surface area contributed by atoms with E-state index in [0.717, 1.165) is 11.1 Å². The van der Waals surface area contributed by atoms with Gasteiger partial charge in [-0.3, -0.25) is 0 Å². The molecule has 0 amide bonds. The highest BCUT2D eigenvalue weighted by molar-refractivity contribution is 7.89. The topological polar surface area (TPSA) is 55.4 Å². The van der Waals surface area contributed by atoms with Crippen LogP contribution in [0.1, 0.15) is 23.6 Å². The molecule has 1 atom stereocenters. The van der Waals surface area contributed by atoms with Crippen molar-refractivity contribution in [3.63, 3.8) is 0 Å². The molecule has 0 aliphatic rings. The Balaban J connectivity index is 2.28. The van der Waals surface area contributed by atoms with E-state index in [0.29, 0.717) is 10.6 Å². The minimum Gasteiger partial charge on any atom is -0.372 e. The Bertz CT molecular complexity index is 836. The lowest BCUT2D eigenvalue weighted by Crippen LogP contribution is -2.40. The molecular weight excluding hydrogens is 346 g/mol. The largest absolute Gasteiger partial charge is 0.372 e. The first-order valence-corrected chi connectivity index (χ1v) is 9.42. The molecule has 0 aromatic heterocycles. The molecule has 1 N–H and O–H groups in total. The first-order valence-electron chi connectivity index (χ1n) is 7.56. The highest BCUT2D eigenvalue weighted by atomic mass is 35.5. The van der Waals surface area contributed by atoms with Crippen LogP contribution in [0.2, 0.25) is 5.02 Å². The molecule has 0 aliphatic carbocycles. The van der Waals surface area contributed by atoms with Crippen LogP contribution in [0, 0.1) is 13.8 Å². The predicted octanol–water partition coefficient (Wildman–Crippen LogP) is 3.80. The molecule has 0 fully saturated rings. The van der Waals surface area contributed by atoms with Gasteiger partial charge in [0.15, 0.2) is 0 Å². The Morgan fingerprint density at radius 2 is 1.88 bits per heavy atom. The van der Waals surface area contributed by atoms with Crippen LogP contribution in [0.3, 0.4) is 0 Å². The predicted molar refractivity (Wildman–Crippen MR) is 96.9 cm³/mol. The fraction of sp³-hybridized carbons (Fsp3) is 0.333. The summed E-state index contributed by atoms with van der Waals surface area (Å²) in [5.41, 5.74) is 1.58. The van der Waals surface area contributed by atoms with Crippen LogP contribution in [-0.2, 0) is 20.4 Å². The molecule has 0 saturated carbocycles. The SMILES string of the molecule is COC(C)(CNS(=O)(=O)c1cc(C)ccc1C)c1cccc(Cl)c1. The van der Waals surface area contributed by atoms with E-state index in [2.05, 4.69) is 4.72 Å². The zero-order chi connectivity index (χ0) is 18.0. The fourth-order valence-electron chi connectivity index (χ4n) is 2.42. The highest BCUT2D eigenvalue weighted by Gasteiger charge is 2.29. The molecule has 0 spiro atoms. The van der Waals surface area contributed by atoms with Crippen LogP contribution < -0.4 is 4.72 Å². The molecule has 0 saturated heterocycles. The van der Waals surface area contributed by atoms with Crippen molar-refractivity contribution in [2.24, 2.45) is 0 Å². The fourth-order valence-corrected chi connectivity index (χ4v) is 4.06. The van der Waals surface area contributed by atoms with Gasteiger partial charge in [-0.05, 0) is 55.7 Å². The van der Waals surface area contributed by atoms with Crippen molar-refractivity contribution in [1.29, 1.82) is 0 Å². The van der Waals surface area contributed by atoms with E-state index in [1.54, 1.807) is 38.3 Å². The van der Waals surface area contributed by atoms with Crippen molar-refractivity contribution in [3.8, 4) is 0 Å².